The van der Waals surface area contributed by atoms with E-state index in [0.29, 0.717) is 0 Å². The molecule has 9 aromatic rings. The molecule has 204 valence electrons. The van der Waals surface area contributed by atoms with E-state index >= 15 is 0 Å². The number of rotatable bonds is 3. The molecule has 44 heavy (non-hydrogen) atoms. The molecule has 0 spiro atoms. The van der Waals surface area contributed by atoms with Gasteiger partial charge in [-0.15, -0.1) is 0 Å². The first-order chi connectivity index (χ1) is 32.6. The molecular formula is C44H28. The van der Waals surface area contributed by atoms with Gasteiger partial charge in [0, 0.05) is 0 Å². The molecule has 9 aromatic carbocycles. The molecule has 0 unspecified atom stereocenters. The van der Waals surface area contributed by atoms with Crippen LogP contribution in [0.15, 0.2) is 169 Å². The predicted molar refractivity (Wildman–Crippen MR) is 190 cm³/mol. The molecule has 0 atom stereocenters. The summed E-state index contributed by atoms with van der Waals surface area (Å²) in [6.07, 6.45) is 0. The highest BCUT2D eigenvalue weighted by Crippen LogP contribution is 2.47. The van der Waals surface area contributed by atoms with Crippen LogP contribution in [0.25, 0.3) is 87.2 Å². The molecule has 0 N–H and O–H groups in total. The number of benzene rings is 9. The van der Waals surface area contributed by atoms with Gasteiger partial charge in [0.2, 0.25) is 0 Å². The van der Waals surface area contributed by atoms with Gasteiger partial charge in [-0.25, -0.2) is 0 Å². The van der Waals surface area contributed by atoms with Crippen molar-refractivity contribution in [2.45, 2.75) is 0 Å². The molecule has 0 nitrogen and oxygen atoms in total. The summed E-state index contributed by atoms with van der Waals surface area (Å²) < 4.78 is 233. The van der Waals surface area contributed by atoms with Crippen LogP contribution in [0.2, 0.25) is 0 Å². The van der Waals surface area contributed by atoms with Gasteiger partial charge in [-0.05, 0) is 87.2 Å². The van der Waals surface area contributed by atoms with Crippen molar-refractivity contribution in [1.29, 1.82) is 0 Å². The summed E-state index contributed by atoms with van der Waals surface area (Å²) >= 11 is 0. The highest BCUT2D eigenvalue weighted by molar-refractivity contribution is 6.26. The van der Waals surface area contributed by atoms with E-state index in [9.17, 15) is 11.0 Å². The number of fused-ring (bicyclic) bond motifs is 5. The standard InChI is InChI=1S/C44H28/c1-3-17-31-29(13-1)15-11-25-33(31)36-27-28-42(35-20-6-5-19-34(35)36)44-40-23-9-7-21-38(40)43(39-22-8-10-24-41(39)44)37-26-12-16-30-14-2-4-18-32(30)37/h1-28H/i1D,2D,3D,4D,5D,6D,7D,8D,9D,10D,11D,12D,13D,14D,15D,16D,17D,19D,20D,21D,22D,23D,25D,26D,27D,28D. The first-order valence-electron chi connectivity index (χ1n) is 26.2. The highest BCUT2D eigenvalue weighted by atomic mass is 14.2. The van der Waals surface area contributed by atoms with Crippen LogP contribution < -0.4 is 0 Å². The summed E-state index contributed by atoms with van der Waals surface area (Å²) in [5.74, 6) is 0. The van der Waals surface area contributed by atoms with Gasteiger partial charge >= 0.3 is 0 Å². The molecule has 0 aliphatic heterocycles. The van der Waals surface area contributed by atoms with E-state index in [2.05, 4.69) is 0 Å². The van der Waals surface area contributed by atoms with Crippen molar-refractivity contribution in [2.75, 3.05) is 0 Å². The first kappa shape index (κ1) is 10.2. The zero-order valence-corrected chi connectivity index (χ0v) is 22.2. The molecule has 0 saturated heterocycles. The molecule has 0 aliphatic rings. The molecule has 9 rings (SSSR count). The van der Waals surface area contributed by atoms with Crippen LogP contribution in [-0.4, -0.2) is 0 Å². The molecule has 0 heteroatoms. The van der Waals surface area contributed by atoms with Gasteiger partial charge in [-0.2, -0.15) is 0 Å². The van der Waals surface area contributed by atoms with Crippen LogP contribution in [-0.2, 0) is 0 Å². The molecule has 0 heterocycles. The average Bonchev–Trinajstić information content (AvgIpc) is 3.32. The van der Waals surface area contributed by atoms with Crippen molar-refractivity contribution in [1.82, 2.24) is 0 Å². The fourth-order valence-corrected chi connectivity index (χ4v) is 5.57. The quantitative estimate of drug-likeness (QED) is 0.182. The summed E-state index contributed by atoms with van der Waals surface area (Å²) in [7, 11) is 0. The molecule has 0 fully saturated rings. The number of hydrogen-bond donors (Lipinski definition) is 0. The van der Waals surface area contributed by atoms with E-state index < -0.39 is 239 Å². The molecule has 0 aliphatic carbocycles. The SMILES string of the molecule is [2H]c1cc2c(-c3c4c([2H])c([2H])c([2H])cc4c(-c4c([2H])c([2H])c(-c5c([2H])c([2H])c([2H])c6c([2H])c([2H])c([2H])c([2H])c56)c5c([2H])c([2H])c([2H])c([2H])c45)c4c([2H])c([2H])c([2H])c([2H])c34)c([2H])c([2H])c([2H])c2c([2H])c1[2H]. The van der Waals surface area contributed by atoms with Crippen LogP contribution in [0.3, 0.4) is 0 Å². The zero-order valence-electron chi connectivity index (χ0n) is 48.2. The summed E-state index contributed by atoms with van der Waals surface area (Å²) in [5, 5.41) is -5.49. The summed E-state index contributed by atoms with van der Waals surface area (Å²) in [5.41, 5.74) is -3.67. The van der Waals surface area contributed by atoms with Gasteiger partial charge < -0.3 is 0 Å². The second kappa shape index (κ2) is 9.93. The second-order valence-corrected chi connectivity index (χ2v) is 9.65. The minimum absolute atomic E-state index is 0.317. The third-order valence-corrected chi connectivity index (χ3v) is 7.40. The summed E-state index contributed by atoms with van der Waals surface area (Å²) in [6.45, 7) is 0. The van der Waals surface area contributed by atoms with Gasteiger partial charge in [-0.1, -0.05) is 169 Å². The highest BCUT2D eigenvalue weighted by Gasteiger charge is 2.20. The Bertz CT molecular complexity index is 3990. The monoisotopic (exact) mass is 582 g/mol. The van der Waals surface area contributed by atoms with E-state index in [4.69, 9.17) is 24.7 Å². The van der Waals surface area contributed by atoms with Crippen LogP contribution in [0, 0.1) is 0 Å². The van der Waals surface area contributed by atoms with E-state index in [1.165, 1.54) is 0 Å². The van der Waals surface area contributed by atoms with Crippen LogP contribution >= 0.6 is 0 Å². The van der Waals surface area contributed by atoms with Gasteiger partial charge in [0.25, 0.3) is 0 Å². The average molecular weight is 583 g/mol. The molecular weight excluding hydrogens is 528 g/mol. The lowest BCUT2D eigenvalue weighted by atomic mass is 9.83. The van der Waals surface area contributed by atoms with Crippen molar-refractivity contribution in [3.8, 4) is 33.4 Å². The minimum Gasteiger partial charge on any atom is -0.0616 e. The van der Waals surface area contributed by atoms with E-state index in [1.54, 1.807) is 0 Å². The topological polar surface area (TPSA) is 0 Å². The van der Waals surface area contributed by atoms with Crippen LogP contribution in [0.4, 0.5) is 0 Å². The largest absolute Gasteiger partial charge is 0.0630 e. The molecule has 0 bridgehead atoms. The smallest absolute Gasteiger partial charge is 0.0616 e. The van der Waals surface area contributed by atoms with Gasteiger partial charge in [0.05, 0.1) is 35.6 Å². The third-order valence-electron chi connectivity index (χ3n) is 7.40. The Morgan fingerprint density at radius 2 is 0.636 bits per heavy atom. The Balaban J connectivity index is 1.66. The maximum absolute atomic E-state index is 9.85. The fraction of sp³-hybridized carbons (Fsp3) is 0. The van der Waals surface area contributed by atoms with Crippen molar-refractivity contribution >= 4 is 53.9 Å². The van der Waals surface area contributed by atoms with Crippen LogP contribution in [0.5, 0.6) is 0 Å². The van der Waals surface area contributed by atoms with E-state index in [-0.39, 0.29) is 5.39 Å². The summed E-state index contributed by atoms with van der Waals surface area (Å²) in [4.78, 5) is 0. The van der Waals surface area contributed by atoms with E-state index in [1.807, 2.05) is 0 Å². The minimum atomic E-state index is -1.02. The predicted octanol–water partition coefficient (Wildman–Crippen LogP) is 12.5. The van der Waals surface area contributed by atoms with Crippen LogP contribution in [0.1, 0.15) is 35.6 Å². The Kier molecular flexibility index (Phi) is 2.30. The van der Waals surface area contributed by atoms with Crippen molar-refractivity contribution < 1.29 is 35.6 Å². The summed E-state index contributed by atoms with van der Waals surface area (Å²) in [6, 6.07) is -20.3. The Morgan fingerprint density at radius 1 is 0.250 bits per heavy atom. The maximum Gasteiger partial charge on any atom is 0.0630 e. The van der Waals surface area contributed by atoms with Crippen molar-refractivity contribution in [3.05, 3.63) is 169 Å². The molecule has 0 saturated carbocycles. The zero-order chi connectivity index (χ0) is 51.7. The third kappa shape index (κ3) is 3.71. The van der Waals surface area contributed by atoms with Crippen molar-refractivity contribution in [3.63, 3.8) is 0 Å². The Hall–Kier alpha value is -5.72. The normalized spacial score (nSPS) is 19.9. The Labute approximate surface area is 293 Å². The molecule has 0 radical (unpaired) electrons. The van der Waals surface area contributed by atoms with Crippen molar-refractivity contribution in [2.24, 2.45) is 0 Å². The molecule has 0 aromatic heterocycles. The fourth-order valence-electron chi connectivity index (χ4n) is 5.57. The Morgan fingerprint density at radius 3 is 1.36 bits per heavy atom. The second-order valence-electron chi connectivity index (χ2n) is 9.65. The van der Waals surface area contributed by atoms with Gasteiger partial charge in [-0.3, -0.25) is 0 Å². The lowest BCUT2D eigenvalue weighted by molar-refractivity contribution is 1.66. The van der Waals surface area contributed by atoms with Gasteiger partial charge in [0.1, 0.15) is 0 Å². The lowest BCUT2D eigenvalue weighted by Gasteiger charge is -2.20. The van der Waals surface area contributed by atoms with Gasteiger partial charge in [0.15, 0.2) is 0 Å². The van der Waals surface area contributed by atoms with E-state index in [0.717, 1.165) is 12.1 Å². The molecule has 0 amide bonds. The maximum atomic E-state index is 9.85. The number of hydrogen-bond acceptors (Lipinski definition) is 0. The lowest BCUT2D eigenvalue weighted by Crippen LogP contribution is -1.93. The first-order valence-corrected chi connectivity index (χ1v) is 13.2.